The van der Waals surface area contributed by atoms with Gasteiger partial charge in [0.1, 0.15) is 5.69 Å². The van der Waals surface area contributed by atoms with Crippen LogP contribution in [-0.4, -0.2) is 34.2 Å². The highest BCUT2D eigenvalue weighted by Gasteiger charge is 2.21. The summed E-state index contributed by atoms with van der Waals surface area (Å²) in [6, 6.07) is 8.92. The Kier molecular flexibility index (Phi) is 6.35. The summed E-state index contributed by atoms with van der Waals surface area (Å²) in [4.78, 5) is 30.1. The first kappa shape index (κ1) is 20.3. The molecule has 0 bridgehead atoms. The SMILES string of the molecule is CC(=O)c1c(C)[nH]c(C(=O)NCc2ccccc2CN2CCCCC2C)c1C. The summed E-state index contributed by atoms with van der Waals surface area (Å²) in [5.74, 6) is -0.194. The van der Waals surface area contributed by atoms with Crippen LogP contribution in [0.1, 0.15) is 76.3 Å². The van der Waals surface area contributed by atoms with E-state index in [1.54, 1.807) is 0 Å². The van der Waals surface area contributed by atoms with Gasteiger partial charge in [-0.05, 0) is 63.8 Å². The molecule has 1 aromatic carbocycles. The number of aromatic amines is 1. The monoisotopic (exact) mass is 381 g/mol. The quantitative estimate of drug-likeness (QED) is 0.739. The number of hydrogen-bond acceptors (Lipinski definition) is 3. The molecule has 3 rings (SSSR count). The van der Waals surface area contributed by atoms with Gasteiger partial charge in [0.25, 0.3) is 5.91 Å². The van der Waals surface area contributed by atoms with Crippen LogP contribution in [0, 0.1) is 13.8 Å². The van der Waals surface area contributed by atoms with E-state index in [9.17, 15) is 9.59 Å². The predicted molar refractivity (Wildman–Crippen MR) is 112 cm³/mol. The first-order chi connectivity index (χ1) is 13.4. The zero-order chi connectivity index (χ0) is 20.3. The van der Waals surface area contributed by atoms with Crippen molar-refractivity contribution >= 4 is 11.7 Å². The van der Waals surface area contributed by atoms with Crippen LogP contribution >= 0.6 is 0 Å². The average molecular weight is 382 g/mol. The Bertz CT molecular complexity index is 869. The molecule has 1 aliphatic heterocycles. The van der Waals surface area contributed by atoms with Crippen LogP contribution in [0.4, 0.5) is 0 Å². The van der Waals surface area contributed by atoms with Gasteiger partial charge in [-0.25, -0.2) is 0 Å². The molecule has 0 spiro atoms. The Morgan fingerprint density at radius 3 is 2.54 bits per heavy atom. The minimum Gasteiger partial charge on any atom is -0.354 e. The number of Topliss-reactive ketones (excluding diaryl/α,β-unsaturated/α-hetero) is 1. The van der Waals surface area contributed by atoms with E-state index in [4.69, 9.17) is 0 Å². The maximum absolute atomic E-state index is 12.7. The molecule has 2 heterocycles. The van der Waals surface area contributed by atoms with Crippen molar-refractivity contribution in [3.8, 4) is 0 Å². The highest BCUT2D eigenvalue weighted by molar-refractivity contribution is 6.02. The highest BCUT2D eigenvalue weighted by Crippen LogP contribution is 2.21. The summed E-state index contributed by atoms with van der Waals surface area (Å²) in [7, 11) is 0. The number of rotatable bonds is 6. The van der Waals surface area contributed by atoms with E-state index in [1.807, 2.05) is 19.9 Å². The van der Waals surface area contributed by atoms with Gasteiger partial charge in [-0.15, -0.1) is 0 Å². The van der Waals surface area contributed by atoms with Crippen molar-refractivity contribution in [1.82, 2.24) is 15.2 Å². The molecule has 1 unspecified atom stereocenters. The van der Waals surface area contributed by atoms with Gasteiger partial charge in [-0.3, -0.25) is 14.5 Å². The zero-order valence-electron chi connectivity index (χ0n) is 17.4. The normalized spacial score (nSPS) is 17.5. The van der Waals surface area contributed by atoms with Gasteiger partial charge in [-0.1, -0.05) is 30.7 Å². The molecule has 0 radical (unpaired) electrons. The van der Waals surface area contributed by atoms with Crippen molar-refractivity contribution in [2.24, 2.45) is 0 Å². The second kappa shape index (κ2) is 8.74. The largest absolute Gasteiger partial charge is 0.354 e. The molecule has 1 amide bonds. The zero-order valence-corrected chi connectivity index (χ0v) is 17.4. The molecule has 1 atom stereocenters. The average Bonchev–Trinajstić information content (AvgIpc) is 2.97. The molecule has 2 N–H and O–H groups in total. The number of aryl methyl sites for hydroxylation is 1. The molecular formula is C23H31N3O2. The molecular weight excluding hydrogens is 350 g/mol. The summed E-state index contributed by atoms with van der Waals surface area (Å²) in [6.07, 6.45) is 3.82. The number of nitrogens with one attached hydrogen (secondary N) is 2. The van der Waals surface area contributed by atoms with Gasteiger partial charge in [0.2, 0.25) is 0 Å². The lowest BCUT2D eigenvalue weighted by Crippen LogP contribution is -2.37. The molecule has 1 aliphatic rings. The maximum Gasteiger partial charge on any atom is 0.268 e. The Balaban J connectivity index is 1.70. The number of nitrogens with zero attached hydrogens (tertiary/aromatic N) is 1. The van der Waals surface area contributed by atoms with Crippen LogP contribution in [0.25, 0.3) is 0 Å². The highest BCUT2D eigenvalue weighted by atomic mass is 16.2. The van der Waals surface area contributed by atoms with Crippen molar-refractivity contribution in [2.75, 3.05) is 6.54 Å². The Hall–Kier alpha value is -2.40. The molecule has 1 saturated heterocycles. The van der Waals surface area contributed by atoms with Gasteiger partial charge in [-0.2, -0.15) is 0 Å². The number of likely N-dealkylation sites (tertiary alicyclic amines) is 1. The van der Waals surface area contributed by atoms with Crippen LogP contribution in [-0.2, 0) is 13.1 Å². The van der Waals surface area contributed by atoms with E-state index in [0.717, 1.165) is 29.9 Å². The predicted octanol–water partition coefficient (Wildman–Crippen LogP) is 4.14. The minimum absolute atomic E-state index is 0.0219. The topological polar surface area (TPSA) is 65.2 Å². The first-order valence-corrected chi connectivity index (χ1v) is 10.2. The van der Waals surface area contributed by atoms with Gasteiger partial charge >= 0.3 is 0 Å². The number of hydrogen-bond donors (Lipinski definition) is 2. The summed E-state index contributed by atoms with van der Waals surface area (Å²) in [5.41, 5.74) is 4.96. The van der Waals surface area contributed by atoms with Crippen LogP contribution in [0.2, 0.25) is 0 Å². The summed E-state index contributed by atoms with van der Waals surface area (Å²) in [5, 5.41) is 3.02. The number of amides is 1. The van der Waals surface area contributed by atoms with E-state index >= 15 is 0 Å². The maximum atomic E-state index is 12.7. The molecule has 0 saturated carbocycles. The lowest BCUT2D eigenvalue weighted by molar-refractivity contribution is 0.0945. The second-order valence-electron chi connectivity index (χ2n) is 7.95. The van der Waals surface area contributed by atoms with Crippen molar-refractivity contribution < 1.29 is 9.59 Å². The third-order valence-electron chi connectivity index (χ3n) is 5.89. The molecule has 1 fully saturated rings. The number of benzene rings is 1. The number of carbonyl (C=O) groups excluding carboxylic acids is 2. The van der Waals surface area contributed by atoms with E-state index in [-0.39, 0.29) is 11.7 Å². The number of ketones is 1. The van der Waals surface area contributed by atoms with Gasteiger partial charge < -0.3 is 10.3 Å². The van der Waals surface area contributed by atoms with Crippen LogP contribution in [0.15, 0.2) is 24.3 Å². The van der Waals surface area contributed by atoms with Crippen molar-refractivity contribution in [3.05, 3.63) is 57.9 Å². The van der Waals surface area contributed by atoms with Crippen molar-refractivity contribution in [1.29, 1.82) is 0 Å². The summed E-state index contributed by atoms with van der Waals surface area (Å²) >= 11 is 0. The van der Waals surface area contributed by atoms with Crippen LogP contribution in [0.3, 0.4) is 0 Å². The fraction of sp³-hybridized carbons (Fsp3) is 0.478. The van der Waals surface area contributed by atoms with Crippen LogP contribution < -0.4 is 5.32 Å². The second-order valence-corrected chi connectivity index (χ2v) is 7.95. The number of carbonyl (C=O) groups is 2. The van der Waals surface area contributed by atoms with E-state index in [0.29, 0.717) is 23.8 Å². The number of piperidine rings is 1. The van der Waals surface area contributed by atoms with Gasteiger partial charge in [0.15, 0.2) is 5.78 Å². The first-order valence-electron chi connectivity index (χ1n) is 10.2. The summed E-state index contributed by atoms with van der Waals surface area (Å²) in [6.45, 7) is 10.0. The standard InChI is InChI=1S/C23H31N3O2/c1-15-9-7-8-12-26(15)14-20-11-6-5-10-19(20)13-24-23(28)22-16(2)21(18(4)27)17(3)25-22/h5-6,10-11,15,25H,7-9,12-14H2,1-4H3,(H,24,28). The third-order valence-corrected chi connectivity index (χ3v) is 5.89. The summed E-state index contributed by atoms with van der Waals surface area (Å²) < 4.78 is 0. The third kappa shape index (κ3) is 4.36. The Morgan fingerprint density at radius 2 is 1.89 bits per heavy atom. The fourth-order valence-corrected chi connectivity index (χ4v) is 4.26. The van der Waals surface area contributed by atoms with Crippen LogP contribution in [0.5, 0.6) is 0 Å². The molecule has 5 heteroatoms. The lowest BCUT2D eigenvalue weighted by atomic mass is 10.0. The van der Waals surface area contributed by atoms with Gasteiger partial charge in [0.05, 0.1) is 0 Å². The smallest absolute Gasteiger partial charge is 0.268 e. The van der Waals surface area contributed by atoms with E-state index in [1.165, 1.54) is 31.7 Å². The molecule has 28 heavy (non-hydrogen) atoms. The lowest BCUT2D eigenvalue weighted by Gasteiger charge is -2.33. The van der Waals surface area contributed by atoms with E-state index < -0.39 is 0 Å². The van der Waals surface area contributed by atoms with E-state index in [2.05, 4.69) is 40.3 Å². The molecule has 0 aliphatic carbocycles. The van der Waals surface area contributed by atoms with Crippen molar-refractivity contribution in [2.45, 2.75) is 66.1 Å². The molecule has 2 aromatic rings. The Labute approximate surface area is 167 Å². The van der Waals surface area contributed by atoms with Crippen molar-refractivity contribution in [3.63, 3.8) is 0 Å². The Morgan fingerprint density at radius 1 is 1.18 bits per heavy atom. The molecule has 1 aromatic heterocycles. The molecule has 150 valence electrons. The minimum atomic E-state index is -0.172. The molecule has 5 nitrogen and oxygen atoms in total. The fourth-order valence-electron chi connectivity index (χ4n) is 4.26. The van der Waals surface area contributed by atoms with Gasteiger partial charge in [0, 0.05) is 30.4 Å². The number of H-pyrrole nitrogens is 1. The number of aromatic nitrogens is 1.